The Morgan fingerprint density at radius 3 is 2.58 bits per heavy atom. The number of fused-ring (bicyclic) bond motifs is 1. The van der Waals surface area contributed by atoms with Crippen LogP contribution in [0.5, 0.6) is 0 Å². The minimum absolute atomic E-state index is 0.326. The molecule has 2 aromatic carbocycles. The smallest absolute Gasteiger partial charge is 0.295 e. The number of hydrogen-bond acceptors (Lipinski definition) is 6. The second kappa shape index (κ2) is 8.99. The van der Waals surface area contributed by atoms with Gasteiger partial charge in [0.05, 0.1) is 11.6 Å². The first kappa shape index (κ1) is 19.9. The molecular weight excluding hydrogens is 386 g/mol. The number of nitrogens with zero attached hydrogens (tertiary/aromatic N) is 3. The summed E-state index contributed by atoms with van der Waals surface area (Å²) in [6.45, 7) is 2.07. The minimum Gasteiger partial charge on any atom is -0.424 e. The summed E-state index contributed by atoms with van der Waals surface area (Å²) in [5.41, 5.74) is 3.65. The molecule has 1 aliphatic carbocycles. The number of benzene rings is 2. The van der Waals surface area contributed by atoms with Crippen LogP contribution >= 0.6 is 0 Å². The molecule has 5 rings (SSSR count). The van der Waals surface area contributed by atoms with Crippen LogP contribution in [-0.2, 0) is 0 Å². The highest BCUT2D eigenvalue weighted by molar-refractivity contribution is 5.74. The molecule has 6 nitrogen and oxygen atoms in total. The van der Waals surface area contributed by atoms with Gasteiger partial charge in [-0.2, -0.15) is 10.2 Å². The predicted octanol–water partition coefficient (Wildman–Crippen LogP) is 4.68. The molecule has 0 radical (unpaired) electrons. The van der Waals surface area contributed by atoms with Crippen LogP contribution in [0.3, 0.4) is 0 Å². The largest absolute Gasteiger partial charge is 0.424 e. The minimum atomic E-state index is 0.326. The normalized spacial score (nSPS) is 24.1. The van der Waals surface area contributed by atoms with Gasteiger partial charge in [-0.3, -0.25) is 0 Å². The maximum atomic E-state index is 9.04. The molecule has 1 saturated heterocycles. The molecule has 1 aliphatic heterocycles. The molecule has 0 amide bonds. The third-order valence-corrected chi connectivity index (χ3v) is 6.60. The van der Waals surface area contributed by atoms with Crippen molar-refractivity contribution in [1.29, 1.82) is 5.26 Å². The van der Waals surface area contributed by atoms with Crippen LogP contribution in [0.25, 0.3) is 11.1 Å². The van der Waals surface area contributed by atoms with E-state index in [9.17, 15) is 0 Å². The molecule has 2 fully saturated rings. The zero-order valence-electron chi connectivity index (χ0n) is 17.8. The van der Waals surface area contributed by atoms with Crippen LogP contribution in [0.4, 0.5) is 11.7 Å². The molecule has 2 N–H and O–H groups in total. The van der Waals surface area contributed by atoms with E-state index >= 15 is 0 Å². The van der Waals surface area contributed by atoms with Crippen molar-refractivity contribution in [3.63, 3.8) is 0 Å². The van der Waals surface area contributed by atoms with Crippen molar-refractivity contribution in [1.82, 2.24) is 10.3 Å². The Kier molecular flexibility index (Phi) is 5.77. The van der Waals surface area contributed by atoms with Crippen LogP contribution < -0.4 is 15.5 Å². The quantitative estimate of drug-likeness (QED) is 0.630. The summed E-state index contributed by atoms with van der Waals surface area (Å²) < 4.78 is 5.92. The van der Waals surface area contributed by atoms with Crippen molar-refractivity contribution in [3.8, 4) is 6.07 Å². The Hall–Kier alpha value is -3.04. The van der Waals surface area contributed by atoms with Gasteiger partial charge < -0.3 is 20.0 Å². The van der Waals surface area contributed by atoms with Crippen molar-refractivity contribution in [2.45, 2.75) is 56.7 Å². The molecule has 160 valence electrons. The SMILES string of the molecule is N#Cc1ccc(N2CCC[C@H](N[C@@H]3CCCC[C@H]3Nc3nc4ccccc4o3)C2)cc1. The number of rotatable bonds is 5. The van der Waals surface area contributed by atoms with Crippen molar-refractivity contribution in [2.75, 3.05) is 23.3 Å². The van der Waals surface area contributed by atoms with Crippen LogP contribution in [-0.4, -0.2) is 36.2 Å². The summed E-state index contributed by atoms with van der Waals surface area (Å²) >= 11 is 0. The number of oxazole rings is 1. The average Bonchev–Trinajstić information content (AvgIpc) is 3.23. The van der Waals surface area contributed by atoms with Gasteiger partial charge in [-0.05, 0) is 62.1 Å². The zero-order valence-corrected chi connectivity index (χ0v) is 17.8. The zero-order chi connectivity index (χ0) is 21.0. The lowest BCUT2D eigenvalue weighted by molar-refractivity contribution is 0.291. The summed E-state index contributed by atoms with van der Waals surface area (Å²) in [6.07, 6.45) is 7.16. The Balaban J connectivity index is 1.24. The van der Waals surface area contributed by atoms with Gasteiger partial charge in [0.25, 0.3) is 6.01 Å². The van der Waals surface area contributed by atoms with E-state index in [2.05, 4.69) is 38.7 Å². The van der Waals surface area contributed by atoms with Crippen molar-refractivity contribution in [3.05, 3.63) is 54.1 Å². The number of aromatic nitrogens is 1. The maximum absolute atomic E-state index is 9.04. The number of nitriles is 1. The molecule has 3 atom stereocenters. The molecule has 0 unspecified atom stereocenters. The Morgan fingerprint density at radius 2 is 1.77 bits per heavy atom. The summed E-state index contributed by atoms with van der Waals surface area (Å²) in [6, 6.07) is 19.9. The van der Waals surface area contributed by atoms with E-state index < -0.39 is 0 Å². The molecule has 1 aromatic heterocycles. The van der Waals surface area contributed by atoms with Gasteiger partial charge in [-0.25, -0.2) is 0 Å². The van der Waals surface area contributed by atoms with Gasteiger partial charge in [0, 0.05) is 36.9 Å². The maximum Gasteiger partial charge on any atom is 0.295 e. The predicted molar refractivity (Wildman–Crippen MR) is 123 cm³/mol. The lowest BCUT2D eigenvalue weighted by atomic mass is 9.89. The standard InChI is InChI=1S/C25H29N5O/c26-16-18-11-13-20(14-12-18)30-15-5-6-19(17-30)27-21-7-1-2-8-22(21)28-25-29-23-9-3-4-10-24(23)31-25/h3-4,9-14,19,21-22,27H,1-2,5-8,15,17H2,(H,28,29)/t19-,21+,22+/m0/s1. The van der Waals surface area contributed by atoms with Crippen LogP contribution in [0.1, 0.15) is 44.1 Å². The Morgan fingerprint density at radius 1 is 0.968 bits per heavy atom. The summed E-state index contributed by atoms with van der Waals surface area (Å²) in [7, 11) is 0. The molecule has 2 heterocycles. The van der Waals surface area contributed by atoms with Crippen molar-refractivity contribution < 1.29 is 4.42 Å². The molecular formula is C25H29N5O. The van der Waals surface area contributed by atoms with Gasteiger partial charge in [0.2, 0.25) is 0 Å². The number of anilines is 2. The highest BCUT2D eigenvalue weighted by Crippen LogP contribution is 2.27. The van der Waals surface area contributed by atoms with Crippen molar-refractivity contribution in [2.24, 2.45) is 0 Å². The first-order valence-electron chi connectivity index (χ1n) is 11.4. The fraction of sp³-hybridized carbons (Fsp3) is 0.440. The van der Waals surface area contributed by atoms with E-state index in [1.54, 1.807) is 0 Å². The van der Waals surface area contributed by atoms with E-state index in [0.29, 0.717) is 29.7 Å². The van der Waals surface area contributed by atoms with Gasteiger partial charge in [-0.1, -0.05) is 25.0 Å². The highest BCUT2D eigenvalue weighted by atomic mass is 16.4. The molecule has 3 aromatic rings. The molecule has 1 saturated carbocycles. The Bertz CT molecular complexity index is 1020. The topological polar surface area (TPSA) is 77.1 Å². The second-order valence-electron chi connectivity index (χ2n) is 8.74. The lowest BCUT2D eigenvalue weighted by Gasteiger charge is -2.40. The van der Waals surface area contributed by atoms with E-state index in [1.807, 2.05) is 36.4 Å². The van der Waals surface area contributed by atoms with Gasteiger partial charge in [-0.15, -0.1) is 0 Å². The average molecular weight is 416 g/mol. The summed E-state index contributed by atoms with van der Waals surface area (Å²) in [5.74, 6) is 0. The van der Waals surface area contributed by atoms with Gasteiger partial charge >= 0.3 is 0 Å². The van der Waals surface area contributed by atoms with Crippen LogP contribution in [0.2, 0.25) is 0 Å². The third-order valence-electron chi connectivity index (χ3n) is 6.60. The number of piperidine rings is 1. The lowest BCUT2D eigenvalue weighted by Crippen LogP contribution is -2.54. The molecule has 0 bridgehead atoms. The molecule has 31 heavy (non-hydrogen) atoms. The fourth-order valence-corrected chi connectivity index (χ4v) is 4.99. The van der Waals surface area contributed by atoms with Crippen molar-refractivity contribution >= 4 is 22.8 Å². The van der Waals surface area contributed by atoms with E-state index in [4.69, 9.17) is 9.68 Å². The molecule has 6 heteroatoms. The van der Waals surface area contributed by atoms with Crippen LogP contribution in [0.15, 0.2) is 52.9 Å². The second-order valence-corrected chi connectivity index (χ2v) is 8.74. The Labute approximate surface area is 183 Å². The first-order chi connectivity index (χ1) is 15.3. The fourth-order valence-electron chi connectivity index (χ4n) is 4.99. The summed E-state index contributed by atoms with van der Waals surface area (Å²) in [4.78, 5) is 7.06. The van der Waals surface area contributed by atoms with Gasteiger partial charge in [0.15, 0.2) is 5.58 Å². The highest BCUT2D eigenvalue weighted by Gasteiger charge is 2.30. The van der Waals surface area contributed by atoms with E-state index in [1.165, 1.54) is 37.8 Å². The van der Waals surface area contributed by atoms with Gasteiger partial charge in [0.1, 0.15) is 5.52 Å². The molecule has 0 spiro atoms. The monoisotopic (exact) mass is 415 g/mol. The van der Waals surface area contributed by atoms with E-state index in [0.717, 1.165) is 30.6 Å². The van der Waals surface area contributed by atoms with E-state index in [-0.39, 0.29) is 0 Å². The molecule has 2 aliphatic rings. The number of para-hydroxylation sites is 2. The third kappa shape index (κ3) is 4.52. The number of hydrogen-bond donors (Lipinski definition) is 2. The summed E-state index contributed by atoms with van der Waals surface area (Å²) in [5, 5.41) is 16.6. The van der Waals surface area contributed by atoms with Crippen LogP contribution in [0, 0.1) is 11.3 Å². The number of nitrogens with one attached hydrogen (secondary N) is 2. The first-order valence-corrected chi connectivity index (χ1v) is 11.4.